The standard InChI is InChI=1S/C10H15NOS/c1-8(13)12-7-10-4-2-9(6-11)3-5-10/h9-10H,2-5,7H2,1H3. The number of hydrogen-bond donors (Lipinski definition) is 0. The molecular weight excluding hydrogens is 182 g/mol. The van der Waals surface area contributed by atoms with Gasteiger partial charge in [-0.3, -0.25) is 0 Å². The molecule has 3 heteroatoms. The Hall–Kier alpha value is -0.620. The summed E-state index contributed by atoms with van der Waals surface area (Å²) in [5.74, 6) is 0.896. The highest BCUT2D eigenvalue weighted by Crippen LogP contribution is 2.28. The van der Waals surface area contributed by atoms with Crippen LogP contribution in [0.15, 0.2) is 0 Å². The molecule has 1 saturated carbocycles. The van der Waals surface area contributed by atoms with Gasteiger partial charge < -0.3 is 4.74 Å². The molecule has 72 valence electrons. The molecule has 1 aliphatic rings. The quantitative estimate of drug-likeness (QED) is 0.638. The van der Waals surface area contributed by atoms with E-state index in [-0.39, 0.29) is 5.92 Å². The summed E-state index contributed by atoms with van der Waals surface area (Å²) in [5, 5.41) is 9.32. The fourth-order valence-electron chi connectivity index (χ4n) is 1.69. The van der Waals surface area contributed by atoms with Gasteiger partial charge in [0.1, 0.15) is 0 Å². The van der Waals surface area contributed by atoms with Crippen LogP contribution in [0.3, 0.4) is 0 Å². The lowest BCUT2D eigenvalue weighted by Crippen LogP contribution is -2.18. The lowest BCUT2D eigenvalue weighted by molar-refractivity contribution is 0.190. The Balaban J connectivity index is 2.18. The smallest absolute Gasteiger partial charge is 0.156 e. The zero-order chi connectivity index (χ0) is 9.68. The normalized spacial score (nSPS) is 27.7. The highest BCUT2D eigenvalue weighted by atomic mass is 32.1. The molecule has 13 heavy (non-hydrogen) atoms. The Kier molecular flexibility index (Phi) is 4.17. The van der Waals surface area contributed by atoms with Gasteiger partial charge in [-0.25, -0.2) is 0 Å². The first-order chi connectivity index (χ1) is 6.22. The first-order valence-corrected chi connectivity index (χ1v) is 5.16. The largest absolute Gasteiger partial charge is 0.487 e. The molecule has 0 bridgehead atoms. The Morgan fingerprint density at radius 1 is 1.46 bits per heavy atom. The predicted molar refractivity (Wildman–Crippen MR) is 55.3 cm³/mol. The van der Waals surface area contributed by atoms with Crippen LogP contribution in [0, 0.1) is 23.2 Å². The van der Waals surface area contributed by atoms with Gasteiger partial charge >= 0.3 is 0 Å². The molecule has 0 aromatic carbocycles. The van der Waals surface area contributed by atoms with E-state index in [4.69, 9.17) is 22.2 Å². The minimum atomic E-state index is 0.282. The van der Waals surface area contributed by atoms with Crippen LogP contribution >= 0.6 is 12.2 Å². The molecule has 0 radical (unpaired) electrons. The van der Waals surface area contributed by atoms with Gasteiger partial charge in [-0.15, -0.1) is 0 Å². The van der Waals surface area contributed by atoms with Gasteiger partial charge in [-0.2, -0.15) is 5.26 Å². The van der Waals surface area contributed by atoms with E-state index in [2.05, 4.69) is 6.07 Å². The second-order valence-corrected chi connectivity index (χ2v) is 4.22. The second kappa shape index (κ2) is 5.18. The van der Waals surface area contributed by atoms with E-state index in [0.29, 0.717) is 11.0 Å². The van der Waals surface area contributed by atoms with Crippen molar-refractivity contribution >= 4 is 17.3 Å². The Labute approximate surface area is 84.9 Å². The molecule has 0 atom stereocenters. The first-order valence-electron chi connectivity index (χ1n) is 4.75. The molecule has 0 heterocycles. The fraction of sp³-hybridized carbons (Fsp3) is 0.800. The van der Waals surface area contributed by atoms with Gasteiger partial charge in [0.2, 0.25) is 0 Å². The van der Waals surface area contributed by atoms with Crippen molar-refractivity contribution in [1.29, 1.82) is 5.26 Å². The summed E-state index contributed by atoms with van der Waals surface area (Å²) in [4.78, 5) is 0. The summed E-state index contributed by atoms with van der Waals surface area (Å²) in [6.07, 6.45) is 4.28. The number of hydrogen-bond acceptors (Lipinski definition) is 3. The molecule has 0 aromatic heterocycles. The summed E-state index contributed by atoms with van der Waals surface area (Å²) in [6, 6.07) is 2.32. The van der Waals surface area contributed by atoms with E-state index >= 15 is 0 Å². The van der Waals surface area contributed by atoms with Crippen LogP contribution in [0.4, 0.5) is 0 Å². The Bertz CT molecular complexity index is 213. The van der Waals surface area contributed by atoms with Gasteiger partial charge in [-0.1, -0.05) is 0 Å². The van der Waals surface area contributed by atoms with Crippen LogP contribution in [-0.4, -0.2) is 11.7 Å². The van der Waals surface area contributed by atoms with Gasteiger partial charge in [0, 0.05) is 12.8 Å². The fourth-order valence-corrected chi connectivity index (χ4v) is 1.76. The highest BCUT2D eigenvalue weighted by molar-refractivity contribution is 7.80. The first kappa shape index (κ1) is 10.5. The third-order valence-electron chi connectivity index (χ3n) is 2.55. The van der Waals surface area contributed by atoms with Crippen LogP contribution < -0.4 is 0 Å². The van der Waals surface area contributed by atoms with Gasteiger partial charge in [0.25, 0.3) is 0 Å². The van der Waals surface area contributed by atoms with Crippen molar-refractivity contribution in [2.45, 2.75) is 32.6 Å². The monoisotopic (exact) mass is 197 g/mol. The molecule has 0 unspecified atom stereocenters. The van der Waals surface area contributed by atoms with E-state index in [1.807, 2.05) is 0 Å². The summed E-state index contributed by atoms with van der Waals surface area (Å²) >= 11 is 4.84. The van der Waals surface area contributed by atoms with Crippen molar-refractivity contribution in [2.24, 2.45) is 11.8 Å². The lowest BCUT2D eigenvalue weighted by atomic mass is 9.83. The molecule has 0 N–H and O–H groups in total. The summed E-state index contributed by atoms with van der Waals surface area (Å²) < 4.78 is 5.30. The third kappa shape index (κ3) is 3.73. The topological polar surface area (TPSA) is 33.0 Å². The molecule has 0 saturated heterocycles. The van der Waals surface area contributed by atoms with Crippen molar-refractivity contribution < 1.29 is 4.74 Å². The van der Waals surface area contributed by atoms with Gasteiger partial charge in [-0.05, 0) is 43.8 Å². The van der Waals surface area contributed by atoms with Crippen molar-refractivity contribution in [3.63, 3.8) is 0 Å². The molecule has 1 aliphatic carbocycles. The van der Waals surface area contributed by atoms with Crippen LogP contribution in [0.2, 0.25) is 0 Å². The highest BCUT2D eigenvalue weighted by Gasteiger charge is 2.20. The maximum absolute atomic E-state index is 8.69. The average molecular weight is 197 g/mol. The predicted octanol–water partition coefficient (Wildman–Crippen LogP) is 2.68. The molecule has 0 aliphatic heterocycles. The maximum Gasteiger partial charge on any atom is 0.156 e. The second-order valence-electron chi connectivity index (χ2n) is 3.65. The SMILES string of the molecule is CC(=S)OCC1CCC(C#N)CC1. The minimum Gasteiger partial charge on any atom is -0.487 e. The third-order valence-corrected chi connectivity index (χ3v) is 2.67. The lowest BCUT2D eigenvalue weighted by Gasteiger charge is -2.24. The van der Waals surface area contributed by atoms with Gasteiger partial charge in [0.15, 0.2) is 5.05 Å². The molecular formula is C10H15NOS. The minimum absolute atomic E-state index is 0.282. The molecule has 0 amide bonds. The van der Waals surface area contributed by atoms with Gasteiger partial charge in [0.05, 0.1) is 12.7 Å². The molecule has 1 rings (SSSR count). The van der Waals surface area contributed by atoms with E-state index in [0.717, 1.165) is 32.3 Å². The molecule has 2 nitrogen and oxygen atoms in total. The van der Waals surface area contributed by atoms with Crippen LogP contribution in [0.5, 0.6) is 0 Å². The Morgan fingerprint density at radius 2 is 2.08 bits per heavy atom. The van der Waals surface area contributed by atoms with Crippen LogP contribution in [-0.2, 0) is 4.74 Å². The number of nitrogens with zero attached hydrogens (tertiary/aromatic N) is 1. The number of thiocarbonyl (C=S) groups is 1. The maximum atomic E-state index is 8.69. The van der Waals surface area contributed by atoms with Crippen molar-refractivity contribution in [1.82, 2.24) is 0 Å². The number of rotatable bonds is 2. The van der Waals surface area contributed by atoms with E-state index in [1.165, 1.54) is 0 Å². The summed E-state index contributed by atoms with van der Waals surface area (Å²) in [7, 11) is 0. The summed E-state index contributed by atoms with van der Waals surface area (Å²) in [6.45, 7) is 2.55. The van der Waals surface area contributed by atoms with Crippen LogP contribution in [0.1, 0.15) is 32.6 Å². The molecule has 0 spiro atoms. The van der Waals surface area contributed by atoms with E-state index in [1.54, 1.807) is 6.92 Å². The van der Waals surface area contributed by atoms with Crippen LogP contribution in [0.25, 0.3) is 0 Å². The zero-order valence-electron chi connectivity index (χ0n) is 7.95. The Morgan fingerprint density at radius 3 is 2.54 bits per heavy atom. The molecule has 0 aromatic rings. The van der Waals surface area contributed by atoms with E-state index in [9.17, 15) is 0 Å². The average Bonchev–Trinajstić information content (AvgIpc) is 2.15. The zero-order valence-corrected chi connectivity index (χ0v) is 8.77. The number of nitriles is 1. The number of ether oxygens (including phenoxy) is 1. The van der Waals surface area contributed by atoms with Crippen molar-refractivity contribution in [3.8, 4) is 6.07 Å². The molecule has 1 fully saturated rings. The van der Waals surface area contributed by atoms with Crippen molar-refractivity contribution in [2.75, 3.05) is 6.61 Å². The van der Waals surface area contributed by atoms with E-state index < -0.39 is 0 Å². The summed E-state index contributed by atoms with van der Waals surface area (Å²) in [5.41, 5.74) is 0. The van der Waals surface area contributed by atoms with Crippen molar-refractivity contribution in [3.05, 3.63) is 0 Å².